The van der Waals surface area contributed by atoms with Crippen LogP contribution < -0.4 is 5.32 Å². The van der Waals surface area contributed by atoms with E-state index in [1.165, 1.54) is 6.07 Å². The molecular formula is C21H19FN2O. The number of pyridine rings is 1. The molecule has 0 fully saturated rings. The number of benzene rings is 2. The van der Waals surface area contributed by atoms with E-state index in [9.17, 15) is 9.18 Å². The fourth-order valence-corrected chi connectivity index (χ4v) is 2.75. The standard InChI is InChI=1S/C21H19FN2O/c22-20-9-5-4-8-18(20)15-24-21(25)19(17-6-2-1-3-7-17)14-16-10-12-23-13-11-16/h1-13,19H,14-15H2,(H,24,25). The fraction of sp³-hybridized carbons (Fsp3) is 0.143. The van der Waals surface area contributed by atoms with E-state index in [2.05, 4.69) is 10.3 Å². The average Bonchev–Trinajstić information content (AvgIpc) is 2.67. The van der Waals surface area contributed by atoms with Crippen molar-refractivity contribution in [3.8, 4) is 0 Å². The number of nitrogens with zero attached hydrogens (tertiary/aromatic N) is 1. The van der Waals surface area contributed by atoms with Crippen molar-refractivity contribution >= 4 is 5.91 Å². The Balaban J connectivity index is 1.76. The molecule has 0 saturated heterocycles. The summed E-state index contributed by atoms with van der Waals surface area (Å²) in [6.45, 7) is 0.172. The number of nitrogens with one attached hydrogen (secondary N) is 1. The summed E-state index contributed by atoms with van der Waals surface area (Å²) in [6, 6.07) is 19.9. The molecule has 1 aromatic heterocycles. The van der Waals surface area contributed by atoms with Gasteiger partial charge in [-0.2, -0.15) is 0 Å². The van der Waals surface area contributed by atoms with E-state index in [0.29, 0.717) is 12.0 Å². The first kappa shape index (κ1) is 16.8. The number of carbonyl (C=O) groups excluding carboxylic acids is 1. The van der Waals surface area contributed by atoms with Crippen molar-refractivity contribution in [3.05, 3.63) is 102 Å². The van der Waals surface area contributed by atoms with Gasteiger partial charge in [0.25, 0.3) is 0 Å². The fourth-order valence-electron chi connectivity index (χ4n) is 2.75. The largest absolute Gasteiger partial charge is 0.351 e. The minimum atomic E-state index is -0.338. The van der Waals surface area contributed by atoms with Crippen LogP contribution in [0, 0.1) is 5.82 Å². The summed E-state index contributed by atoms with van der Waals surface area (Å²) >= 11 is 0. The molecule has 1 amide bonds. The normalized spacial score (nSPS) is 11.7. The van der Waals surface area contributed by atoms with Gasteiger partial charge in [0, 0.05) is 24.5 Å². The molecule has 0 radical (unpaired) electrons. The quantitative estimate of drug-likeness (QED) is 0.744. The van der Waals surface area contributed by atoms with E-state index in [0.717, 1.165) is 11.1 Å². The third kappa shape index (κ3) is 4.51. The maximum absolute atomic E-state index is 13.8. The van der Waals surface area contributed by atoms with Crippen LogP contribution in [-0.2, 0) is 17.8 Å². The summed E-state index contributed by atoms with van der Waals surface area (Å²) in [5.74, 6) is -0.769. The van der Waals surface area contributed by atoms with Crippen LogP contribution in [0.5, 0.6) is 0 Å². The third-order valence-electron chi connectivity index (χ3n) is 4.12. The predicted molar refractivity (Wildman–Crippen MR) is 95.4 cm³/mol. The van der Waals surface area contributed by atoms with Gasteiger partial charge in [0.1, 0.15) is 5.82 Å². The van der Waals surface area contributed by atoms with E-state index < -0.39 is 0 Å². The second-order valence-electron chi connectivity index (χ2n) is 5.83. The SMILES string of the molecule is O=C(NCc1ccccc1F)C(Cc1ccncc1)c1ccccc1. The van der Waals surface area contributed by atoms with Crippen LogP contribution in [0.4, 0.5) is 4.39 Å². The van der Waals surface area contributed by atoms with E-state index in [4.69, 9.17) is 0 Å². The molecule has 0 spiro atoms. The molecule has 1 unspecified atom stereocenters. The lowest BCUT2D eigenvalue weighted by atomic mass is 9.91. The minimum absolute atomic E-state index is 0.119. The van der Waals surface area contributed by atoms with Crippen molar-refractivity contribution in [1.29, 1.82) is 0 Å². The van der Waals surface area contributed by atoms with E-state index in [1.54, 1.807) is 30.6 Å². The zero-order valence-corrected chi connectivity index (χ0v) is 13.7. The summed E-state index contributed by atoms with van der Waals surface area (Å²) in [5, 5.41) is 2.86. The van der Waals surface area contributed by atoms with Crippen molar-refractivity contribution in [2.24, 2.45) is 0 Å². The Morgan fingerprint density at radius 2 is 1.64 bits per heavy atom. The monoisotopic (exact) mass is 334 g/mol. The highest BCUT2D eigenvalue weighted by atomic mass is 19.1. The topological polar surface area (TPSA) is 42.0 Å². The van der Waals surface area contributed by atoms with Crippen molar-refractivity contribution in [3.63, 3.8) is 0 Å². The zero-order chi connectivity index (χ0) is 17.5. The van der Waals surface area contributed by atoms with Crippen LogP contribution >= 0.6 is 0 Å². The molecule has 0 aliphatic carbocycles. The van der Waals surface area contributed by atoms with Crippen LogP contribution in [0.3, 0.4) is 0 Å². The van der Waals surface area contributed by atoms with Crippen LogP contribution in [0.15, 0.2) is 79.1 Å². The number of hydrogen-bond acceptors (Lipinski definition) is 2. The van der Waals surface area contributed by atoms with Crippen LogP contribution in [-0.4, -0.2) is 10.9 Å². The maximum Gasteiger partial charge on any atom is 0.228 e. The van der Waals surface area contributed by atoms with Gasteiger partial charge in [-0.1, -0.05) is 48.5 Å². The molecule has 0 aliphatic heterocycles. The first-order valence-electron chi connectivity index (χ1n) is 8.19. The summed E-state index contributed by atoms with van der Waals surface area (Å²) in [5.41, 5.74) is 2.45. The molecule has 0 bridgehead atoms. The molecule has 1 heterocycles. The molecule has 126 valence electrons. The Kier molecular flexibility index (Phi) is 5.52. The van der Waals surface area contributed by atoms with E-state index in [1.807, 2.05) is 42.5 Å². The highest BCUT2D eigenvalue weighted by Gasteiger charge is 2.21. The second-order valence-corrected chi connectivity index (χ2v) is 5.83. The Hall–Kier alpha value is -3.01. The number of aromatic nitrogens is 1. The zero-order valence-electron chi connectivity index (χ0n) is 13.7. The van der Waals surface area contributed by atoms with Gasteiger partial charge in [-0.25, -0.2) is 4.39 Å². The molecule has 2 aromatic carbocycles. The molecule has 0 saturated carbocycles. The van der Waals surface area contributed by atoms with Gasteiger partial charge in [-0.15, -0.1) is 0 Å². The lowest BCUT2D eigenvalue weighted by Gasteiger charge is -2.17. The van der Waals surface area contributed by atoms with E-state index >= 15 is 0 Å². The van der Waals surface area contributed by atoms with Gasteiger partial charge in [-0.3, -0.25) is 9.78 Å². The van der Waals surface area contributed by atoms with Crippen molar-refractivity contribution in [1.82, 2.24) is 10.3 Å². The van der Waals surface area contributed by atoms with Gasteiger partial charge in [0.05, 0.1) is 5.92 Å². The van der Waals surface area contributed by atoms with Crippen LogP contribution in [0.2, 0.25) is 0 Å². The van der Waals surface area contributed by atoms with Gasteiger partial charge in [-0.05, 0) is 35.7 Å². The number of halogens is 1. The molecule has 3 rings (SSSR count). The smallest absolute Gasteiger partial charge is 0.228 e. The molecule has 25 heavy (non-hydrogen) atoms. The van der Waals surface area contributed by atoms with Crippen molar-refractivity contribution < 1.29 is 9.18 Å². The van der Waals surface area contributed by atoms with Crippen LogP contribution in [0.25, 0.3) is 0 Å². The number of carbonyl (C=O) groups is 1. The average molecular weight is 334 g/mol. The third-order valence-corrected chi connectivity index (χ3v) is 4.12. The predicted octanol–water partition coefficient (Wildman–Crippen LogP) is 3.86. The minimum Gasteiger partial charge on any atom is -0.351 e. The molecule has 1 atom stereocenters. The first-order chi connectivity index (χ1) is 12.2. The Bertz CT molecular complexity index is 822. The lowest BCUT2D eigenvalue weighted by Crippen LogP contribution is -2.30. The van der Waals surface area contributed by atoms with Gasteiger partial charge >= 0.3 is 0 Å². The Morgan fingerprint density at radius 1 is 0.960 bits per heavy atom. The molecule has 1 N–H and O–H groups in total. The second kappa shape index (κ2) is 8.20. The Morgan fingerprint density at radius 3 is 2.36 bits per heavy atom. The summed E-state index contributed by atoms with van der Waals surface area (Å²) in [7, 11) is 0. The molecule has 3 aromatic rings. The van der Waals surface area contributed by atoms with Crippen molar-refractivity contribution in [2.75, 3.05) is 0 Å². The highest BCUT2D eigenvalue weighted by Crippen LogP contribution is 2.21. The molecule has 4 heteroatoms. The summed E-state index contributed by atoms with van der Waals surface area (Å²) in [6.07, 6.45) is 4.00. The van der Waals surface area contributed by atoms with E-state index in [-0.39, 0.29) is 24.2 Å². The highest BCUT2D eigenvalue weighted by molar-refractivity contribution is 5.84. The number of hydrogen-bond donors (Lipinski definition) is 1. The van der Waals surface area contributed by atoms with Crippen LogP contribution in [0.1, 0.15) is 22.6 Å². The van der Waals surface area contributed by atoms with Gasteiger partial charge in [0.15, 0.2) is 0 Å². The van der Waals surface area contributed by atoms with Gasteiger partial charge in [0.2, 0.25) is 5.91 Å². The number of rotatable bonds is 6. The van der Waals surface area contributed by atoms with Gasteiger partial charge < -0.3 is 5.32 Å². The number of amides is 1. The summed E-state index contributed by atoms with van der Waals surface area (Å²) < 4.78 is 13.8. The lowest BCUT2D eigenvalue weighted by molar-refractivity contribution is -0.122. The molecule has 0 aliphatic rings. The summed E-state index contributed by atoms with van der Waals surface area (Å²) in [4.78, 5) is 16.8. The maximum atomic E-state index is 13.8. The Labute approximate surface area is 146 Å². The molecular weight excluding hydrogens is 315 g/mol. The first-order valence-corrected chi connectivity index (χ1v) is 8.19. The molecule has 3 nitrogen and oxygen atoms in total. The van der Waals surface area contributed by atoms with Crippen molar-refractivity contribution in [2.45, 2.75) is 18.9 Å².